The molecule has 1 saturated carbocycles. The number of hydrogen-bond donors (Lipinski definition) is 1. The molecule has 1 unspecified atom stereocenters. The van der Waals surface area contributed by atoms with Crippen LogP contribution in [0.5, 0.6) is 0 Å². The van der Waals surface area contributed by atoms with Gasteiger partial charge in [0.15, 0.2) is 0 Å². The van der Waals surface area contributed by atoms with Gasteiger partial charge in [-0.1, -0.05) is 0 Å². The Morgan fingerprint density at radius 2 is 2.22 bits per heavy atom. The fourth-order valence-corrected chi connectivity index (χ4v) is 2.58. The lowest BCUT2D eigenvalue weighted by atomic mass is 9.77. The SMILES string of the molecule is CC1(N)CCC(c2cc(C(=O)OP)ccn2)CC1. The highest BCUT2D eigenvalue weighted by atomic mass is 31.0. The van der Waals surface area contributed by atoms with Crippen LogP contribution < -0.4 is 5.73 Å². The summed E-state index contributed by atoms with van der Waals surface area (Å²) in [4.78, 5) is 15.8. The lowest BCUT2D eigenvalue weighted by Crippen LogP contribution is -2.39. The lowest BCUT2D eigenvalue weighted by Gasteiger charge is -2.33. The van der Waals surface area contributed by atoms with E-state index in [-0.39, 0.29) is 11.5 Å². The van der Waals surface area contributed by atoms with Gasteiger partial charge < -0.3 is 10.3 Å². The van der Waals surface area contributed by atoms with Crippen LogP contribution in [-0.4, -0.2) is 16.5 Å². The smallest absolute Gasteiger partial charge is 0.340 e. The van der Waals surface area contributed by atoms with Gasteiger partial charge in [0.1, 0.15) is 0 Å². The van der Waals surface area contributed by atoms with Crippen LogP contribution >= 0.6 is 9.47 Å². The van der Waals surface area contributed by atoms with Gasteiger partial charge in [-0.25, -0.2) is 4.79 Å². The molecule has 0 radical (unpaired) electrons. The van der Waals surface area contributed by atoms with E-state index in [4.69, 9.17) is 5.73 Å². The summed E-state index contributed by atoms with van der Waals surface area (Å²) in [6, 6.07) is 3.50. The first-order valence-electron chi connectivity index (χ1n) is 6.18. The molecule has 1 aliphatic rings. The van der Waals surface area contributed by atoms with E-state index in [9.17, 15) is 4.79 Å². The van der Waals surface area contributed by atoms with Gasteiger partial charge >= 0.3 is 5.97 Å². The minimum Gasteiger partial charge on any atom is -0.448 e. The molecule has 0 aliphatic heterocycles. The molecule has 98 valence electrons. The van der Waals surface area contributed by atoms with Crippen molar-refractivity contribution in [2.24, 2.45) is 5.73 Å². The largest absolute Gasteiger partial charge is 0.448 e. The van der Waals surface area contributed by atoms with E-state index in [1.165, 1.54) is 0 Å². The van der Waals surface area contributed by atoms with Gasteiger partial charge in [0.05, 0.1) is 15.0 Å². The minimum atomic E-state index is -0.344. The number of pyridine rings is 1. The summed E-state index contributed by atoms with van der Waals surface area (Å²) in [6.07, 6.45) is 5.72. The second-order valence-electron chi connectivity index (χ2n) is 5.30. The number of aromatic nitrogens is 1. The van der Waals surface area contributed by atoms with Gasteiger partial charge in [-0.15, -0.1) is 0 Å². The van der Waals surface area contributed by atoms with Crippen molar-refractivity contribution in [2.45, 2.75) is 44.1 Å². The Morgan fingerprint density at radius 3 is 2.83 bits per heavy atom. The monoisotopic (exact) mass is 266 g/mol. The quantitative estimate of drug-likeness (QED) is 0.835. The first kappa shape index (κ1) is 13.4. The second-order valence-corrected chi connectivity index (χ2v) is 5.54. The van der Waals surface area contributed by atoms with Gasteiger partial charge in [-0.05, 0) is 44.7 Å². The first-order chi connectivity index (χ1) is 8.52. The molecular weight excluding hydrogens is 247 g/mol. The Labute approximate surface area is 110 Å². The van der Waals surface area contributed by atoms with Crippen molar-refractivity contribution in [3.05, 3.63) is 29.6 Å². The summed E-state index contributed by atoms with van der Waals surface area (Å²) in [6.45, 7) is 2.10. The lowest BCUT2D eigenvalue weighted by molar-refractivity contribution is 0.0765. The molecule has 0 saturated heterocycles. The van der Waals surface area contributed by atoms with E-state index in [2.05, 4.69) is 16.4 Å². The van der Waals surface area contributed by atoms with E-state index in [0.717, 1.165) is 31.4 Å². The highest BCUT2D eigenvalue weighted by Gasteiger charge is 2.28. The van der Waals surface area contributed by atoms with Gasteiger partial charge in [0, 0.05) is 23.3 Å². The Morgan fingerprint density at radius 1 is 1.56 bits per heavy atom. The summed E-state index contributed by atoms with van der Waals surface area (Å²) in [7, 11) is 1.97. The summed E-state index contributed by atoms with van der Waals surface area (Å²) in [5.74, 6) is 0.0574. The molecule has 0 bridgehead atoms. The maximum absolute atomic E-state index is 11.5. The molecule has 2 N–H and O–H groups in total. The number of nitrogens with two attached hydrogens (primary N) is 1. The van der Waals surface area contributed by atoms with E-state index in [1.54, 1.807) is 12.3 Å². The third kappa shape index (κ3) is 3.06. The normalized spacial score (nSPS) is 27.8. The third-order valence-electron chi connectivity index (χ3n) is 3.67. The van der Waals surface area contributed by atoms with Crippen LogP contribution in [0, 0.1) is 0 Å². The number of nitrogens with zero attached hydrogens (tertiary/aromatic N) is 1. The average molecular weight is 266 g/mol. The van der Waals surface area contributed by atoms with E-state index in [0.29, 0.717) is 11.5 Å². The Hall–Kier alpha value is -0.990. The fourth-order valence-electron chi connectivity index (χ4n) is 2.44. The predicted molar refractivity (Wildman–Crippen MR) is 73.2 cm³/mol. The fraction of sp³-hybridized carbons (Fsp3) is 0.538. The number of hydrogen-bond acceptors (Lipinski definition) is 4. The van der Waals surface area contributed by atoms with Crippen LogP contribution in [0.4, 0.5) is 0 Å². The highest BCUT2D eigenvalue weighted by molar-refractivity contribution is 7.10. The molecule has 0 spiro atoms. The molecule has 4 nitrogen and oxygen atoms in total. The van der Waals surface area contributed by atoms with Crippen molar-refractivity contribution < 1.29 is 9.32 Å². The van der Waals surface area contributed by atoms with E-state index >= 15 is 0 Å². The molecule has 1 aromatic rings. The Bertz CT molecular complexity index is 438. The van der Waals surface area contributed by atoms with Crippen LogP contribution in [0.25, 0.3) is 0 Å². The van der Waals surface area contributed by atoms with Crippen LogP contribution in [0.3, 0.4) is 0 Å². The highest BCUT2D eigenvalue weighted by Crippen LogP contribution is 2.35. The molecular formula is C13H19N2O2P. The number of carbonyl (C=O) groups excluding carboxylic acids is 1. The minimum absolute atomic E-state index is 0.0485. The molecule has 5 heteroatoms. The van der Waals surface area contributed by atoms with Crippen molar-refractivity contribution >= 4 is 15.4 Å². The van der Waals surface area contributed by atoms with Crippen molar-refractivity contribution in [3.63, 3.8) is 0 Å². The average Bonchev–Trinajstić information content (AvgIpc) is 2.38. The molecule has 2 rings (SSSR count). The Kier molecular flexibility index (Phi) is 3.98. The van der Waals surface area contributed by atoms with E-state index < -0.39 is 0 Å². The third-order valence-corrected chi connectivity index (χ3v) is 3.88. The van der Waals surface area contributed by atoms with Crippen molar-refractivity contribution in [1.29, 1.82) is 0 Å². The second kappa shape index (κ2) is 5.33. The van der Waals surface area contributed by atoms with Gasteiger partial charge in [-0.2, -0.15) is 0 Å². The zero-order valence-corrected chi connectivity index (χ0v) is 11.7. The summed E-state index contributed by atoms with van der Waals surface area (Å²) >= 11 is 0. The van der Waals surface area contributed by atoms with Crippen LogP contribution in [0.1, 0.15) is 54.6 Å². The molecule has 1 atom stereocenters. The van der Waals surface area contributed by atoms with Crippen molar-refractivity contribution in [3.8, 4) is 0 Å². The zero-order valence-electron chi connectivity index (χ0n) is 10.6. The number of carbonyl (C=O) groups is 1. The molecule has 0 aromatic carbocycles. The summed E-state index contributed by atoms with van der Waals surface area (Å²) < 4.78 is 4.64. The van der Waals surface area contributed by atoms with Crippen LogP contribution in [0.15, 0.2) is 18.3 Å². The van der Waals surface area contributed by atoms with Gasteiger partial charge in [0.25, 0.3) is 0 Å². The van der Waals surface area contributed by atoms with Crippen LogP contribution in [0.2, 0.25) is 0 Å². The molecule has 1 fully saturated rings. The van der Waals surface area contributed by atoms with Gasteiger partial charge in [-0.3, -0.25) is 4.98 Å². The summed E-state index contributed by atoms with van der Waals surface area (Å²) in [5, 5.41) is 0. The predicted octanol–water partition coefficient (Wildman–Crippen LogP) is 2.40. The molecule has 1 aliphatic carbocycles. The first-order valence-corrected chi connectivity index (χ1v) is 6.65. The molecule has 18 heavy (non-hydrogen) atoms. The molecule has 1 aromatic heterocycles. The topological polar surface area (TPSA) is 65.2 Å². The van der Waals surface area contributed by atoms with Gasteiger partial charge in [0.2, 0.25) is 0 Å². The standard InChI is InChI=1S/C13H19N2O2P/c1-13(14)5-2-9(3-6-13)11-8-10(4-7-15-11)12(16)17-18/h4,7-9H,2-3,5-6,14,18H2,1H3. The number of rotatable bonds is 2. The molecule has 1 heterocycles. The van der Waals surface area contributed by atoms with Crippen LogP contribution in [-0.2, 0) is 4.52 Å². The zero-order chi connectivity index (χ0) is 13.2. The Balaban J connectivity index is 2.12. The molecule has 0 amide bonds. The van der Waals surface area contributed by atoms with Crippen molar-refractivity contribution in [1.82, 2.24) is 4.98 Å². The van der Waals surface area contributed by atoms with E-state index in [1.807, 2.05) is 15.5 Å². The van der Waals surface area contributed by atoms with Crippen molar-refractivity contribution in [2.75, 3.05) is 0 Å². The summed E-state index contributed by atoms with van der Waals surface area (Å²) in [5.41, 5.74) is 7.59. The maximum Gasteiger partial charge on any atom is 0.340 e. The maximum atomic E-state index is 11.5.